The average Bonchev–Trinajstić information content (AvgIpc) is 2.53. The van der Waals surface area contributed by atoms with Crippen LogP contribution in [-0.2, 0) is 6.54 Å². The molecule has 0 aromatic carbocycles. The molecule has 0 aliphatic carbocycles. The quantitative estimate of drug-likeness (QED) is 0.728. The van der Waals surface area contributed by atoms with Crippen molar-refractivity contribution in [3.05, 3.63) is 18.5 Å². The van der Waals surface area contributed by atoms with Crippen LogP contribution in [0, 0.1) is 5.41 Å². The van der Waals surface area contributed by atoms with Gasteiger partial charge < -0.3 is 0 Å². The van der Waals surface area contributed by atoms with Gasteiger partial charge >= 0.3 is 0 Å². The fourth-order valence-electron chi connectivity index (χ4n) is 0.917. The number of hydrogen-bond acceptors (Lipinski definition) is 1. The van der Waals surface area contributed by atoms with Crippen molar-refractivity contribution in [3.8, 4) is 0 Å². The maximum Gasteiger partial charge on any atom is 0.0489 e. The smallest absolute Gasteiger partial charge is 0.0489 e. The van der Waals surface area contributed by atoms with Gasteiger partial charge in [0.1, 0.15) is 0 Å². The summed E-state index contributed by atoms with van der Waals surface area (Å²) in [6.45, 7) is 5.52. The van der Waals surface area contributed by atoms with Crippen LogP contribution >= 0.6 is 15.9 Å². The number of halogens is 1. The van der Waals surface area contributed by atoms with Crippen LogP contribution in [0.2, 0.25) is 0 Å². The minimum absolute atomic E-state index is 0.367. The van der Waals surface area contributed by atoms with E-state index >= 15 is 0 Å². The van der Waals surface area contributed by atoms with E-state index in [4.69, 9.17) is 0 Å². The lowest BCUT2D eigenvalue weighted by atomic mass is 9.92. The molecule has 3 heteroatoms. The molecule has 0 N–H and O–H groups in total. The first-order valence-corrected chi connectivity index (χ1v) is 5.30. The van der Waals surface area contributed by atoms with E-state index in [0.717, 1.165) is 18.3 Å². The first kappa shape index (κ1) is 9.78. The molecule has 0 saturated heterocycles. The second kappa shape index (κ2) is 4.08. The normalized spacial score (nSPS) is 11.9. The molecule has 12 heavy (non-hydrogen) atoms. The Hall–Kier alpha value is -0.310. The Labute approximate surface area is 82.1 Å². The van der Waals surface area contributed by atoms with Crippen molar-refractivity contribution in [1.29, 1.82) is 0 Å². The standard InChI is InChI=1S/C9H15BrN2/c1-9(2,8-10)4-7-12-6-3-5-11-12/h3,5-6H,4,7-8H2,1-2H3. The van der Waals surface area contributed by atoms with Crippen LogP contribution in [0.25, 0.3) is 0 Å². The van der Waals surface area contributed by atoms with Crippen LogP contribution in [0.5, 0.6) is 0 Å². The number of rotatable bonds is 4. The van der Waals surface area contributed by atoms with E-state index < -0.39 is 0 Å². The summed E-state index contributed by atoms with van der Waals surface area (Å²) in [5.74, 6) is 0. The summed E-state index contributed by atoms with van der Waals surface area (Å²) in [7, 11) is 0. The molecule has 2 nitrogen and oxygen atoms in total. The molecule has 0 aliphatic heterocycles. The highest BCUT2D eigenvalue weighted by atomic mass is 79.9. The van der Waals surface area contributed by atoms with Gasteiger partial charge in [-0.25, -0.2) is 0 Å². The van der Waals surface area contributed by atoms with Crippen molar-refractivity contribution in [1.82, 2.24) is 9.78 Å². The van der Waals surface area contributed by atoms with E-state index in [1.54, 1.807) is 0 Å². The molecular weight excluding hydrogens is 216 g/mol. The molecular formula is C9H15BrN2. The molecule has 1 heterocycles. The molecule has 68 valence electrons. The molecule has 0 fully saturated rings. The summed E-state index contributed by atoms with van der Waals surface area (Å²) in [4.78, 5) is 0. The van der Waals surface area contributed by atoms with E-state index in [1.807, 2.05) is 23.1 Å². The topological polar surface area (TPSA) is 17.8 Å². The Kier molecular flexibility index (Phi) is 3.32. The summed E-state index contributed by atoms with van der Waals surface area (Å²) in [5, 5.41) is 5.20. The van der Waals surface area contributed by atoms with Gasteiger partial charge in [-0.15, -0.1) is 0 Å². The molecule has 0 unspecified atom stereocenters. The summed E-state index contributed by atoms with van der Waals surface area (Å²) < 4.78 is 1.98. The van der Waals surface area contributed by atoms with Crippen LogP contribution in [0.4, 0.5) is 0 Å². The van der Waals surface area contributed by atoms with Crippen molar-refractivity contribution in [2.45, 2.75) is 26.8 Å². The number of aromatic nitrogens is 2. The van der Waals surface area contributed by atoms with Gasteiger partial charge in [-0.3, -0.25) is 4.68 Å². The molecule has 0 aliphatic rings. The minimum atomic E-state index is 0.367. The van der Waals surface area contributed by atoms with E-state index in [-0.39, 0.29) is 0 Å². The van der Waals surface area contributed by atoms with Gasteiger partial charge in [0.15, 0.2) is 0 Å². The Morgan fingerprint density at radius 3 is 2.75 bits per heavy atom. The monoisotopic (exact) mass is 230 g/mol. The van der Waals surface area contributed by atoms with E-state index in [2.05, 4.69) is 34.9 Å². The average molecular weight is 231 g/mol. The lowest BCUT2D eigenvalue weighted by Gasteiger charge is -2.20. The van der Waals surface area contributed by atoms with Crippen LogP contribution < -0.4 is 0 Å². The highest BCUT2D eigenvalue weighted by Crippen LogP contribution is 2.23. The summed E-state index contributed by atoms with van der Waals surface area (Å²) >= 11 is 3.51. The van der Waals surface area contributed by atoms with E-state index in [0.29, 0.717) is 5.41 Å². The molecule has 1 aromatic rings. The lowest BCUT2D eigenvalue weighted by Crippen LogP contribution is -2.16. The number of aryl methyl sites for hydroxylation is 1. The van der Waals surface area contributed by atoms with Crippen LogP contribution in [0.3, 0.4) is 0 Å². The predicted octanol–water partition coefficient (Wildman–Crippen LogP) is 2.69. The third-order valence-corrected chi connectivity index (χ3v) is 3.46. The largest absolute Gasteiger partial charge is 0.273 e. The predicted molar refractivity (Wildman–Crippen MR) is 54.4 cm³/mol. The number of alkyl halides is 1. The molecule has 0 atom stereocenters. The van der Waals surface area contributed by atoms with E-state index in [1.165, 1.54) is 0 Å². The summed E-state index contributed by atoms with van der Waals surface area (Å²) in [5.41, 5.74) is 0.367. The van der Waals surface area contributed by atoms with Crippen LogP contribution in [0.1, 0.15) is 20.3 Å². The fraction of sp³-hybridized carbons (Fsp3) is 0.667. The Morgan fingerprint density at radius 1 is 1.50 bits per heavy atom. The Balaban J connectivity index is 2.36. The molecule has 0 radical (unpaired) electrons. The molecule has 0 spiro atoms. The highest BCUT2D eigenvalue weighted by Gasteiger charge is 2.15. The zero-order chi connectivity index (χ0) is 9.03. The van der Waals surface area contributed by atoms with Gasteiger partial charge in [0.2, 0.25) is 0 Å². The molecule has 0 amide bonds. The number of nitrogens with zero attached hydrogens (tertiary/aromatic N) is 2. The van der Waals surface area contributed by atoms with Gasteiger partial charge in [-0.1, -0.05) is 29.8 Å². The van der Waals surface area contributed by atoms with Gasteiger partial charge in [-0.05, 0) is 17.9 Å². The van der Waals surface area contributed by atoms with Gasteiger partial charge in [0.25, 0.3) is 0 Å². The van der Waals surface area contributed by atoms with Gasteiger partial charge in [0, 0.05) is 24.3 Å². The Morgan fingerprint density at radius 2 is 2.25 bits per heavy atom. The lowest BCUT2D eigenvalue weighted by molar-refractivity contribution is 0.351. The van der Waals surface area contributed by atoms with E-state index in [9.17, 15) is 0 Å². The van der Waals surface area contributed by atoms with Crippen molar-refractivity contribution in [2.75, 3.05) is 5.33 Å². The van der Waals surface area contributed by atoms with Gasteiger partial charge in [0.05, 0.1) is 0 Å². The highest BCUT2D eigenvalue weighted by molar-refractivity contribution is 9.09. The maximum atomic E-state index is 4.15. The van der Waals surface area contributed by atoms with Crippen molar-refractivity contribution in [3.63, 3.8) is 0 Å². The Bertz CT molecular complexity index is 216. The first-order valence-electron chi connectivity index (χ1n) is 4.17. The second-order valence-corrected chi connectivity index (χ2v) is 4.38. The SMILES string of the molecule is CC(C)(CBr)CCn1cccn1. The molecule has 0 bridgehead atoms. The third-order valence-electron chi connectivity index (χ3n) is 1.94. The fourth-order valence-corrected chi connectivity index (χ4v) is 1.20. The third kappa shape index (κ3) is 2.97. The minimum Gasteiger partial charge on any atom is -0.273 e. The zero-order valence-electron chi connectivity index (χ0n) is 7.63. The number of hydrogen-bond donors (Lipinski definition) is 0. The summed E-state index contributed by atoms with van der Waals surface area (Å²) in [6.07, 6.45) is 4.98. The molecule has 1 rings (SSSR count). The second-order valence-electron chi connectivity index (χ2n) is 3.82. The summed E-state index contributed by atoms with van der Waals surface area (Å²) in [6, 6.07) is 1.96. The van der Waals surface area contributed by atoms with Crippen molar-refractivity contribution in [2.24, 2.45) is 5.41 Å². The van der Waals surface area contributed by atoms with Crippen LogP contribution in [-0.4, -0.2) is 15.1 Å². The molecule has 0 saturated carbocycles. The van der Waals surface area contributed by atoms with Gasteiger partial charge in [-0.2, -0.15) is 5.10 Å². The zero-order valence-corrected chi connectivity index (χ0v) is 9.21. The van der Waals surface area contributed by atoms with Crippen LogP contribution in [0.15, 0.2) is 18.5 Å². The molecule has 1 aromatic heterocycles. The van der Waals surface area contributed by atoms with Crippen molar-refractivity contribution < 1.29 is 0 Å². The first-order chi connectivity index (χ1) is 5.64. The maximum absolute atomic E-state index is 4.15. The van der Waals surface area contributed by atoms with Crippen molar-refractivity contribution >= 4 is 15.9 Å².